The molecule has 1 aromatic rings. The normalized spacial score (nSPS) is 17.5. The van der Waals surface area contributed by atoms with Gasteiger partial charge in [0.25, 0.3) is 5.78 Å². The molecule has 106 valence electrons. The van der Waals surface area contributed by atoms with Gasteiger partial charge in [-0.05, 0) is 12.1 Å². The Balaban J connectivity index is 2.74. The number of ketones is 2. The Kier molecular flexibility index (Phi) is 5.33. The molecule has 0 bridgehead atoms. The van der Waals surface area contributed by atoms with Gasteiger partial charge in [0.1, 0.15) is 24.4 Å². The first-order chi connectivity index (χ1) is 8.90. The minimum atomic E-state index is -2.24. The van der Waals surface area contributed by atoms with E-state index in [1.165, 1.54) is 12.1 Å². The van der Waals surface area contributed by atoms with E-state index in [9.17, 15) is 24.9 Å². The van der Waals surface area contributed by atoms with Crippen LogP contribution in [0.2, 0.25) is 0 Å². The number of carbonyl (C=O) groups excluding carboxylic acids is 2. The Labute approximate surface area is 107 Å². The number of carbonyl (C=O) groups is 2. The first-order valence-corrected chi connectivity index (χ1v) is 5.35. The van der Waals surface area contributed by atoms with Crippen molar-refractivity contribution >= 4 is 11.6 Å². The summed E-state index contributed by atoms with van der Waals surface area (Å²) in [5, 5.41) is 45.8. The number of Topliss-reactive ketones (excluding diaryl/α,β-unsaturated/α-hetero) is 2. The predicted molar refractivity (Wildman–Crippen MR) is 59.2 cm³/mol. The van der Waals surface area contributed by atoms with Crippen LogP contribution in [-0.4, -0.2) is 68.1 Å². The predicted octanol–water partition coefficient (Wildman–Crippen LogP) is -2.53. The Morgan fingerprint density at radius 2 is 1.79 bits per heavy atom. The fraction of sp³-hybridized carbons (Fsp3) is 0.455. The molecule has 0 radical (unpaired) electrons. The molecule has 1 aromatic heterocycles. The van der Waals surface area contributed by atoms with E-state index >= 15 is 0 Å². The van der Waals surface area contributed by atoms with Crippen LogP contribution in [0.15, 0.2) is 22.8 Å². The molecule has 0 amide bonds. The second kappa shape index (κ2) is 6.55. The molecule has 8 heteroatoms. The van der Waals surface area contributed by atoms with Crippen molar-refractivity contribution in [3.05, 3.63) is 24.2 Å². The highest BCUT2D eigenvalue weighted by Crippen LogP contribution is 2.10. The molecule has 0 saturated heterocycles. The Bertz CT molecular complexity index is 426. The molecule has 4 atom stereocenters. The monoisotopic (exact) mass is 274 g/mol. The zero-order chi connectivity index (χ0) is 14.6. The summed E-state index contributed by atoms with van der Waals surface area (Å²) in [5.74, 6) is -2.90. The molecule has 8 nitrogen and oxygen atoms in total. The summed E-state index contributed by atoms with van der Waals surface area (Å²) in [6, 6.07) is 2.55. The maximum absolute atomic E-state index is 11.5. The lowest BCUT2D eigenvalue weighted by atomic mass is 9.98. The largest absolute Gasteiger partial charge is 0.461 e. The number of furan rings is 1. The standard InChI is InChI=1S/C11H14O8/c12-4-5(13)7(14)9(16)11(18)10(17)8(15)6-2-1-3-19-6/h1-3,5,7,9,11-14,16,18H,4H2/t5-,7-,9+,11-/m1/s1. The molecule has 1 heterocycles. The van der Waals surface area contributed by atoms with Crippen molar-refractivity contribution in [2.24, 2.45) is 0 Å². The van der Waals surface area contributed by atoms with Crippen LogP contribution >= 0.6 is 0 Å². The van der Waals surface area contributed by atoms with Gasteiger partial charge in [-0.25, -0.2) is 0 Å². The smallest absolute Gasteiger partial charge is 0.266 e. The van der Waals surface area contributed by atoms with Crippen molar-refractivity contribution in [2.45, 2.75) is 24.4 Å². The zero-order valence-corrected chi connectivity index (χ0v) is 9.71. The van der Waals surface area contributed by atoms with Crippen molar-refractivity contribution in [2.75, 3.05) is 6.61 Å². The second-order valence-electron chi connectivity index (χ2n) is 3.85. The minimum absolute atomic E-state index is 0.326. The number of hydrogen-bond donors (Lipinski definition) is 5. The van der Waals surface area contributed by atoms with Gasteiger partial charge in [-0.15, -0.1) is 0 Å². The van der Waals surface area contributed by atoms with Crippen LogP contribution in [0.3, 0.4) is 0 Å². The highest BCUT2D eigenvalue weighted by molar-refractivity contribution is 6.44. The average Bonchev–Trinajstić information content (AvgIpc) is 2.96. The van der Waals surface area contributed by atoms with Crippen molar-refractivity contribution in [3.63, 3.8) is 0 Å². The van der Waals surface area contributed by atoms with Crippen LogP contribution in [0, 0.1) is 0 Å². The number of rotatable bonds is 7. The van der Waals surface area contributed by atoms with E-state index in [1.807, 2.05) is 0 Å². The average molecular weight is 274 g/mol. The van der Waals surface area contributed by atoms with Crippen LogP contribution in [0.25, 0.3) is 0 Å². The molecule has 0 unspecified atom stereocenters. The molecule has 0 spiro atoms. The van der Waals surface area contributed by atoms with Crippen LogP contribution in [0.1, 0.15) is 10.6 Å². The molecule has 1 rings (SSSR count). The van der Waals surface area contributed by atoms with E-state index < -0.39 is 42.6 Å². The lowest BCUT2D eigenvalue weighted by molar-refractivity contribution is -0.143. The summed E-state index contributed by atoms with van der Waals surface area (Å²) >= 11 is 0. The Morgan fingerprint density at radius 3 is 2.26 bits per heavy atom. The molecule has 19 heavy (non-hydrogen) atoms. The summed E-state index contributed by atoms with van der Waals surface area (Å²) in [6.45, 7) is -0.884. The van der Waals surface area contributed by atoms with Gasteiger partial charge in [0, 0.05) is 0 Å². The summed E-state index contributed by atoms with van der Waals surface area (Å²) in [6.07, 6.45) is -6.94. The highest BCUT2D eigenvalue weighted by atomic mass is 16.4. The second-order valence-corrected chi connectivity index (χ2v) is 3.85. The van der Waals surface area contributed by atoms with Gasteiger partial charge in [-0.2, -0.15) is 0 Å². The van der Waals surface area contributed by atoms with E-state index in [0.717, 1.165) is 6.26 Å². The van der Waals surface area contributed by atoms with Crippen molar-refractivity contribution in [1.82, 2.24) is 0 Å². The zero-order valence-electron chi connectivity index (χ0n) is 9.71. The highest BCUT2D eigenvalue weighted by Gasteiger charge is 2.37. The van der Waals surface area contributed by atoms with Crippen molar-refractivity contribution in [3.8, 4) is 0 Å². The molecule has 0 saturated carbocycles. The molecule has 0 aliphatic carbocycles. The molecule has 0 aliphatic rings. The van der Waals surface area contributed by atoms with Gasteiger partial charge >= 0.3 is 0 Å². The van der Waals surface area contributed by atoms with Crippen molar-refractivity contribution in [1.29, 1.82) is 0 Å². The third kappa shape index (κ3) is 3.46. The fourth-order valence-electron chi connectivity index (χ4n) is 1.34. The van der Waals surface area contributed by atoms with Crippen molar-refractivity contribution < 1.29 is 39.5 Å². The van der Waals surface area contributed by atoms with Crippen LogP contribution in [0.5, 0.6) is 0 Å². The molecule has 0 aliphatic heterocycles. The van der Waals surface area contributed by atoms with Gasteiger partial charge in [-0.3, -0.25) is 9.59 Å². The van der Waals surface area contributed by atoms with Crippen LogP contribution < -0.4 is 0 Å². The Hall–Kier alpha value is -1.58. The maximum atomic E-state index is 11.5. The lowest BCUT2D eigenvalue weighted by Gasteiger charge is -2.24. The minimum Gasteiger partial charge on any atom is -0.461 e. The molecule has 5 N–H and O–H groups in total. The topological polar surface area (TPSA) is 148 Å². The van der Waals surface area contributed by atoms with Gasteiger partial charge in [0.15, 0.2) is 5.76 Å². The molecule has 0 aromatic carbocycles. The van der Waals surface area contributed by atoms with E-state index in [0.29, 0.717) is 0 Å². The third-order valence-corrected chi connectivity index (χ3v) is 2.49. The molecular formula is C11H14O8. The summed E-state index contributed by atoms with van der Waals surface area (Å²) in [4.78, 5) is 23.0. The van der Waals surface area contributed by atoms with Gasteiger partial charge in [-0.1, -0.05) is 0 Å². The van der Waals surface area contributed by atoms with E-state index in [4.69, 9.17) is 10.2 Å². The SMILES string of the molecule is O=C(C(=O)[C@H](O)[C@@H](O)[C@H](O)[C@H](O)CO)c1ccco1. The third-order valence-electron chi connectivity index (χ3n) is 2.49. The van der Waals surface area contributed by atoms with E-state index in [1.54, 1.807) is 0 Å². The van der Waals surface area contributed by atoms with Gasteiger partial charge in [0.2, 0.25) is 5.78 Å². The quantitative estimate of drug-likeness (QED) is 0.270. The van der Waals surface area contributed by atoms with E-state index in [-0.39, 0.29) is 5.76 Å². The van der Waals surface area contributed by atoms with Gasteiger partial charge < -0.3 is 29.9 Å². The van der Waals surface area contributed by atoms with E-state index in [2.05, 4.69) is 4.42 Å². The molecular weight excluding hydrogens is 260 g/mol. The maximum Gasteiger partial charge on any atom is 0.266 e. The number of aliphatic hydroxyl groups excluding tert-OH is 5. The summed E-state index contributed by atoms with van der Waals surface area (Å²) in [5.41, 5.74) is 0. The number of aliphatic hydroxyl groups is 5. The summed E-state index contributed by atoms with van der Waals surface area (Å²) in [7, 11) is 0. The first kappa shape index (κ1) is 15.5. The van der Waals surface area contributed by atoms with Crippen LogP contribution in [-0.2, 0) is 4.79 Å². The first-order valence-electron chi connectivity index (χ1n) is 5.35. The lowest BCUT2D eigenvalue weighted by Crippen LogP contribution is -2.50. The fourth-order valence-corrected chi connectivity index (χ4v) is 1.34. The van der Waals surface area contributed by atoms with Gasteiger partial charge in [0.05, 0.1) is 12.9 Å². The Morgan fingerprint density at radius 1 is 1.16 bits per heavy atom. The molecule has 0 fully saturated rings. The number of hydrogen-bond acceptors (Lipinski definition) is 8. The van der Waals surface area contributed by atoms with Crippen LogP contribution in [0.4, 0.5) is 0 Å². The summed E-state index contributed by atoms with van der Waals surface area (Å²) < 4.78 is 4.66.